The van der Waals surface area contributed by atoms with E-state index in [1.165, 1.54) is 11.9 Å². The molecular formula is C32H37F5N4O4S. The van der Waals surface area contributed by atoms with Gasteiger partial charge in [-0.3, -0.25) is 14.7 Å². The van der Waals surface area contributed by atoms with Crippen LogP contribution in [0.3, 0.4) is 0 Å². The highest BCUT2D eigenvalue weighted by Gasteiger charge is 2.47. The van der Waals surface area contributed by atoms with Crippen molar-refractivity contribution < 1.29 is 41.0 Å². The number of benzene rings is 2. The summed E-state index contributed by atoms with van der Waals surface area (Å²) in [6.07, 6.45) is -4.89. The van der Waals surface area contributed by atoms with E-state index in [9.17, 15) is 27.2 Å². The van der Waals surface area contributed by atoms with E-state index < -0.39 is 63.7 Å². The smallest absolute Gasteiger partial charge is 0.417 e. The van der Waals surface area contributed by atoms with Gasteiger partial charge in [-0.2, -0.15) is 13.2 Å². The second-order valence-corrected chi connectivity index (χ2v) is 14.2. The summed E-state index contributed by atoms with van der Waals surface area (Å²) in [5.74, 6) is -1.60. The number of hydrogen-bond donors (Lipinski definition) is 0. The SMILES string of the molecule is CN=C(c1cc(C(F)(F)F)c(-c2ccc(F)cc2F)c2c1N(C=O)CC1(COC1)CS2)N1C[C@@H](C)N(C(=O)OC(C)(C)C)[C@@H](C)C1. The minimum absolute atomic E-state index is 0.0399. The quantitative estimate of drug-likeness (QED) is 0.162. The lowest BCUT2D eigenvalue weighted by Gasteiger charge is -2.46. The van der Waals surface area contributed by atoms with E-state index in [4.69, 9.17) is 9.47 Å². The van der Waals surface area contributed by atoms with Gasteiger partial charge in [0.1, 0.15) is 23.1 Å². The second-order valence-electron chi connectivity index (χ2n) is 13.2. The molecule has 1 spiro atoms. The van der Waals surface area contributed by atoms with Crippen molar-refractivity contribution in [1.82, 2.24) is 9.80 Å². The summed E-state index contributed by atoms with van der Waals surface area (Å²) in [6, 6.07) is 2.53. The molecule has 0 unspecified atom stereocenters. The number of piperazine rings is 1. The van der Waals surface area contributed by atoms with Crippen molar-refractivity contribution in [3.05, 3.63) is 47.0 Å². The predicted molar refractivity (Wildman–Crippen MR) is 165 cm³/mol. The molecule has 0 saturated carbocycles. The third kappa shape index (κ3) is 6.42. The summed E-state index contributed by atoms with van der Waals surface area (Å²) >= 11 is 1.09. The van der Waals surface area contributed by atoms with E-state index in [-0.39, 0.29) is 41.6 Å². The molecule has 0 aliphatic carbocycles. The normalized spacial score (nSPS) is 21.9. The number of amidine groups is 1. The first-order chi connectivity index (χ1) is 21.5. The molecule has 8 nitrogen and oxygen atoms in total. The Morgan fingerprint density at radius 1 is 1.11 bits per heavy atom. The van der Waals surface area contributed by atoms with Crippen LogP contribution in [-0.4, -0.2) is 91.5 Å². The monoisotopic (exact) mass is 668 g/mol. The van der Waals surface area contributed by atoms with Crippen molar-refractivity contribution in [3.8, 4) is 11.1 Å². The maximum absolute atomic E-state index is 15.3. The maximum Gasteiger partial charge on any atom is 0.417 e. The first-order valence-corrected chi connectivity index (χ1v) is 15.9. The number of thioether (sulfide) groups is 1. The van der Waals surface area contributed by atoms with E-state index >= 15 is 4.39 Å². The molecule has 250 valence electrons. The van der Waals surface area contributed by atoms with Crippen LogP contribution in [0.5, 0.6) is 0 Å². The Morgan fingerprint density at radius 3 is 2.26 bits per heavy atom. The van der Waals surface area contributed by atoms with Gasteiger partial charge in [0.2, 0.25) is 6.41 Å². The highest BCUT2D eigenvalue weighted by Crippen LogP contribution is 2.53. The van der Waals surface area contributed by atoms with Crippen molar-refractivity contribution in [3.63, 3.8) is 0 Å². The second kappa shape index (κ2) is 12.3. The van der Waals surface area contributed by atoms with Crippen molar-refractivity contribution in [1.29, 1.82) is 0 Å². The summed E-state index contributed by atoms with van der Waals surface area (Å²) in [5.41, 5.74) is -3.09. The molecule has 2 saturated heterocycles. The Hall–Kier alpha value is -3.39. The highest BCUT2D eigenvalue weighted by atomic mass is 32.2. The lowest BCUT2D eigenvalue weighted by molar-refractivity contribution is -0.137. The Kier molecular flexibility index (Phi) is 9.10. The molecule has 3 heterocycles. The number of carbonyl (C=O) groups excluding carboxylic acids is 2. The molecule has 14 heteroatoms. The molecule has 2 aromatic carbocycles. The van der Waals surface area contributed by atoms with Crippen LogP contribution >= 0.6 is 11.8 Å². The van der Waals surface area contributed by atoms with Crippen LogP contribution in [0.15, 0.2) is 34.2 Å². The van der Waals surface area contributed by atoms with Crippen molar-refractivity contribution in [2.45, 2.75) is 63.4 Å². The zero-order valence-corrected chi connectivity index (χ0v) is 27.3. The largest absolute Gasteiger partial charge is 0.444 e. The summed E-state index contributed by atoms with van der Waals surface area (Å²) in [7, 11) is 1.45. The first kappa shape index (κ1) is 34.0. The van der Waals surface area contributed by atoms with Crippen molar-refractivity contribution in [2.24, 2.45) is 10.4 Å². The van der Waals surface area contributed by atoms with Gasteiger partial charge in [-0.15, -0.1) is 11.8 Å². The van der Waals surface area contributed by atoms with E-state index in [1.807, 2.05) is 13.8 Å². The van der Waals surface area contributed by atoms with E-state index in [0.29, 0.717) is 31.4 Å². The summed E-state index contributed by atoms with van der Waals surface area (Å²) in [6.45, 7) is 10.1. The zero-order valence-electron chi connectivity index (χ0n) is 26.5. The van der Waals surface area contributed by atoms with Gasteiger partial charge in [0.05, 0.1) is 36.5 Å². The van der Waals surface area contributed by atoms with Crippen molar-refractivity contribution >= 4 is 35.8 Å². The van der Waals surface area contributed by atoms with Gasteiger partial charge in [0.25, 0.3) is 0 Å². The Balaban J connectivity index is 1.69. The molecule has 2 atom stereocenters. The summed E-state index contributed by atoms with van der Waals surface area (Å²) in [4.78, 5) is 35.0. The number of ether oxygens (including phenoxy) is 2. The lowest BCUT2D eigenvalue weighted by atomic mass is 9.87. The van der Waals surface area contributed by atoms with Crippen LogP contribution in [0.25, 0.3) is 11.1 Å². The molecular weight excluding hydrogens is 631 g/mol. The van der Waals surface area contributed by atoms with Gasteiger partial charge < -0.3 is 19.3 Å². The molecule has 2 amide bonds. The topological polar surface area (TPSA) is 74.7 Å². The number of halogens is 5. The molecule has 0 N–H and O–H groups in total. The number of hydrogen-bond acceptors (Lipinski definition) is 6. The molecule has 0 bridgehead atoms. The summed E-state index contributed by atoms with van der Waals surface area (Å²) in [5, 5.41) is 0. The highest BCUT2D eigenvalue weighted by molar-refractivity contribution is 7.99. The fourth-order valence-electron chi connectivity index (χ4n) is 6.40. The van der Waals surface area contributed by atoms with Crippen LogP contribution in [-0.2, 0) is 20.4 Å². The van der Waals surface area contributed by atoms with Crippen LogP contribution in [0.4, 0.5) is 32.4 Å². The number of amides is 2. The molecule has 2 aromatic rings. The maximum atomic E-state index is 15.3. The number of rotatable bonds is 3. The molecule has 3 aliphatic rings. The zero-order chi connectivity index (χ0) is 33.8. The number of aliphatic imine (C=N–C) groups is 1. The van der Waals surface area contributed by atoms with Gasteiger partial charge in [-0.1, -0.05) is 0 Å². The molecule has 3 aliphatic heterocycles. The standard InChI is InChI=1S/C32H37F5N4O4S/c1-18-11-39(12-19(2)41(18)29(43)45-30(3,4)5)28(38-6)22-10-23(32(35,36)37)25(21-8-7-20(33)9-24(21)34)27-26(22)40(17-42)13-31(16-46-27)14-44-15-31/h7-10,17-19H,11-16H2,1-6H3/t18-,19+. The van der Waals surface area contributed by atoms with Gasteiger partial charge >= 0.3 is 12.3 Å². The third-order valence-corrected chi connectivity index (χ3v) is 9.74. The minimum Gasteiger partial charge on any atom is -0.444 e. The number of fused-ring (bicyclic) bond motifs is 1. The first-order valence-electron chi connectivity index (χ1n) is 14.9. The van der Waals surface area contributed by atoms with E-state index in [2.05, 4.69) is 4.99 Å². The minimum atomic E-state index is -4.95. The van der Waals surface area contributed by atoms with Gasteiger partial charge in [0.15, 0.2) is 0 Å². The van der Waals surface area contributed by atoms with Gasteiger partial charge in [-0.05, 0) is 52.8 Å². The molecule has 5 rings (SSSR count). The Morgan fingerprint density at radius 2 is 1.76 bits per heavy atom. The van der Waals surface area contributed by atoms with Crippen molar-refractivity contribution in [2.75, 3.05) is 50.5 Å². The predicted octanol–water partition coefficient (Wildman–Crippen LogP) is 6.44. The van der Waals surface area contributed by atoms with Gasteiger partial charge in [-0.25, -0.2) is 13.6 Å². The van der Waals surface area contributed by atoms with Gasteiger partial charge in [0, 0.05) is 65.5 Å². The van der Waals surface area contributed by atoms with E-state index in [0.717, 1.165) is 30.0 Å². The van der Waals surface area contributed by atoms with Crippen LogP contribution < -0.4 is 4.90 Å². The fraction of sp³-hybridized carbons (Fsp3) is 0.531. The average molecular weight is 669 g/mol. The lowest BCUT2D eigenvalue weighted by Crippen LogP contribution is -2.60. The van der Waals surface area contributed by atoms with Crippen LogP contribution in [0, 0.1) is 17.0 Å². The Bertz CT molecular complexity index is 1540. The fourth-order valence-corrected chi connectivity index (χ4v) is 7.83. The number of carbonyl (C=O) groups is 2. The number of alkyl halides is 3. The average Bonchev–Trinajstić information content (AvgIpc) is 3.10. The number of anilines is 1. The molecule has 0 radical (unpaired) electrons. The third-order valence-electron chi connectivity index (χ3n) is 8.30. The molecule has 0 aromatic heterocycles. The van der Waals surface area contributed by atoms with E-state index in [1.54, 1.807) is 30.6 Å². The molecule has 46 heavy (non-hydrogen) atoms. The van der Waals surface area contributed by atoms with Crippen LogP contribution in [0.2, 0.25) is 0 Å². The molecule has 2 fully saturated rings. The summed E-state index contributed by atoms with van der Waals surface area (Å²) < 4.78 is 85.3. The Labute approximate surface area is 268 Å². The van der Waals surface area contributed by atoms with Crippen LogP contribution in [0.1, 0.15) is 45.7 Å². The number of nitrogens with zero attached hydrogens (tertiary/aromatic N) is 4.